The van der Waals surface area contributed by atoms with Gasteiger partial charge in [-0.1, -0.05) is 19.1 Å². The molecule has 1 unspecified atom stereocenters. The van der Waals surface area contributed by atoms with Crippen molar-refractivity contribution in [2.75, 3.05) is 60.1 Å². The van der Waals surface area contributed by atoms with Crippen molar-refractivity contribution in [3.63, 3.8) is 0 Å². The van der Waals surface area contributed by atoms with E-state index in [4.69, 9.17) is 9.47 Å². The molecule has 2 saturated heterocycles. The Kier molecular flexibility index (Phi) is 9.81. The van der Waals surface area contributed by atoms with E-state index in [-0.39, 0.29) is 24.0 Å². The molecular weight excluding hydrogens is 467 g/mol. The number of hydrogen-bond acceptors (Lipinski definition) is 4. The van der Waals surface area contributed by atoms with Crippen molar-refractivity contribution in [3.8, 4) is 5.75 Å². The smallest absolute Gasteiger partial charge is 0.193 e. The molecule has 2 heterocycles. The summed E-state index contributed by atoms with van der Waals surface area (Å²) in [6, 6.07) is 8.73. The lowest BCUT2D eigenvalue weighted by Gasteiger charge is -2.37. The van der Waals surface area contributed by atoms with Crippen LogP contribution in [-0.4, -0.2) is 75.9 Å². The van der Waals surface area contributed by atoms with E-state index in [0.29, 0.717) is 6.04 Å². The number of guanidine groups is 1. The Morgan fingerprint density at radius 3 is 2.39 bits per heavy atom. The molecule has 0 bridgehead atoms. The quantitative estimate of drug-likeness (QED) is 0.381. The molecule has 28 heavy (non-hydrogen) atoms. The van der Waals surface area contributed by atoms with Crippen LogP contribution in [0.3, 0.4) is 0 Å². The van der Waals surface area contributed by atoms with Crippen LogP contribution in [0.1, 0.15) is 31.4 Å². The average Bonchev–Trinajstić information content (AvgIpc) is 2.73. The van der Waals surface area contributed by atoms with Crippen molar-refractivity contribution in [2.24, 2.45) is 10.9 Å². The molecule has 0 saturated carbocycles. The number of aliphatic imine (C=N–C) groups is 1. The monoisotopic (exact) mass is 502 g/mol. The van der Waals surface area contributed by atoms with Gasteiger partial charge < -0.3 is 19.7 Å². The zero-order valence-electron chi connectivity index (χ0n) is 17.4. The fraction of sp³-hybridized carbons (Fsp3) is 0.667. The third-order valence-corrected chi connectivity index (χ3v) is 5.74. The van der Waals surface area contributed by atoms with Gasteiger partial charge in [0.1, 0.15) is 5.75 Å². The molecule has 2 fully saturated rings. The van der Waals surface area contributed by atoms with Crippen molar-refractivity contribution in [3.05, 3.63) is 29.8 Å². The van der Waals surface area contributed by atoms with Gasteiger partial charge >= 0.3 is 0 Å². The molecule has 0 spiro atoms. The predicted molar refractivity (Wildman–Crippen MR) is 125 cm³/mol. The summed E-state index contributed by atoms with van der Waals surface area (Å²) in [6.07, 6.45) is 2.48. The molecule has 2 aliphatic rings. The Balaban J connectivity index is 0.00000280. The molecule has 0 amide bonds. The summed E-state index contributed by atoms with van der Waals surface area (Å²) in [6.45, 7) is 8.86. The van der Waals surface area contributed by atoms with E-state index in [9.17, 15) is 0 Å². The van der Waals surface area contributed by atoms with Crippen molar-refractivity contribution in [1.29, 1.82) is 0 Å². The van der Waals surface area contributed by atoms with Gasteiger partial charge in [0.2, 0.25) is 0 Å². The lowest BCUT2D eigenvalue weighted by Crippen LogP contribution is -2.49. The summed E-state index contributed by atoms with van der Waals surface area (Å²) in [5.41, 5.74) is 1.30. The van der Waals surface area contributed by atoms with Gasteiger partial charge in [-0.2, -0.15) is 0 Å². The second-order valence-corrected chi connectivity index (χ2v) is 7.53. The molecule has 0 aliphatic carbocycles. The van der Waals surface area contributed by atoms with Crippen LogP contribution < -0.4 is 10.1 Å². The fourth-order valence-electron chi connectivity index (χ4n) is 3.91. The van der Waals surface area contributed by atoms with Crippen molar-refractivity contribution < 1.29 is 9.47 Å². The molecule has 0 radical (unpaired) electrons. The first kappa shape index (κ1) is 23.2. The summed E-state index contributed by atoms with van der Waals surface area (Å²) >= 11 is 0. The fourth-order valence-corrected chi connectivity index (χ4v) is 3.91. The zero-order valence-corrected chi connectivity index (χ0v) is 19.7. The van der Waals surface area contributed by atoms with Crippen LogP contribution in [0.4, 0.5) is 0 Å². The van der Waals surface area contributed by atoms with E-state index in [1.54, 1.807) is 7.11 Å². The highest BCUT2D eigenvalue weighted by atomic mass is 127. The van der Waals surface area contributed by atoms with Crippen molar-refractivity contribution >= 4 is 29.9 Å². The third-order valence-electron chi connectivity index (χ3n) is 5.74. The Morgan fingerprint density at radius 1 is 1.18 bits per heavy atom. The first-order chi connectivity index (χ1) is 13.2. The first-order valence-electron chi connectivity index (χ1n) is 10.1. The molecule has 1 N–H and O–H groups in total. The number of hydrogen-bond donors (Lipinski definition) is 1. The topological polar surface area (TPSA) is 49.3 Å². The summed E-state index contributed by atoms with van der Waals surface area (Å²) in [5, 5.41) is 3.64. The molecule has 6 nitrogen and oxygen atoms in total. The van der Waals surface area contributed by atoms with Gasteiger partial charge in [0.05, 0.1) is 26.4 Å². The lowest BCUT2D eigenvalue weighted by molar-refractivity contribution is 0.0168. The number of likely N-dealkylation sites (tertiary alicyclic amines) is 1. The highest BCUT2D eigenvalue weighted by Crippen LogP contribution is 2.24. The zero-order chi connectivity index (χ0) is 19.1. The number of ether oxygens (including phenoxy) is 2. The highest BCUT2D eigenvalue weighted by Gasteiger charge is 2.24. The Morgan fingerprint density at radius 2 is 1.82 bits per heavy atom. The van der Waals surface area contributed by atoms with Gasteiger partial charge in [0.25, 0.3) is 0 Å². The largest absolute Gasteiger partial charge is 0.497 e. The summed E-state index contributed by atoms with van der Waals surface area (Å²) in [4.78, 5) is 9.44. The second-order valence-electron chi connectivity index (χ2n) is 7.53. The van der Waals surface area contributed by atoms with E-state index >= 15 is 0 Å². The molecule has 1 atom stereocenters. The maximum Gasteiger partial charge on any atom is 0.193 e. The molecular formula is C21H35IN4O2. The van der Waals surface area contributed by atoms with E-state index < -0.39 is 0 Å². The summed E-state index contributed by atoms with van der Waals surface area (Å²) in [7, 11) is 3.59. The Labute approximate surface area is 186 Å². The number of benzene rings is 1. The molecule has 7 heteroatoms. The first-order valence-corrected chi connectivity index (χ1v) is 10.1. The number of rotatable bonds is 5. The number of halogens is 1. The number of morpholine rings is 1. The SMILES string of the molecule is CN=C(NCC(c1ccc(OC)cc1)N1CCOCC1)N1CCC(C)CC1.I. The normalized spacial score (nSPS) is 20.4. The van der Waals surface area contributed by atoms with E-state index in [0.717, 1.165) is 63.6 Å². The van der Waals surface area contributed by atoms with E-state index in [2.05, 4.69) is 39.2 Å². The number of methoxy groups -OCH3 is 1. The third kappa shape index (κ3) is 6.22. The van der Waals surface area contributed by atoms with Crippen molar-refractivity contribution in [2.45, 2.75) is 25.8 Å². The van der Waals surface area contributed by atoms with Gasteiger partial charge in [-0.15, -0.1) is 24.0 Å². The van der Waals surface area contributed by atoms with E-state index in [1.165, 1.54) is 18.4 Å². The minimum Gasteiger partial charge on any atom is -0.497 e. The van der Waals surface area contributed by atoms with Crippen LogP contribution in [0, 0.1) is 5.92 Å². The highest BCUT2D eigenvalue weighted by molar-refractivity contribution is 14.0. The van der Waals surface area contributed by atoms with Crippen LogP contribution in [0.2, 0.25) is 0 Å². The van der Waals surface area contributed by atoms with Gasteiger partial charge in [0.15, 0.2) is 5.96 Å². The van der Waals surface area contributed by atoms with Crippen LogP contribution in [0.25, 0.3) is 0 Å². The Hall–Kier alpha value is -1.06. The second kappa shape index (κ2) is 11.8. The molecule has 1 aromatic carbocycles. The van der Waals surface area contributed by atoms with Crippen LogP contribution in [0.15, 0.2) is 29.3 Å². The predicted octanol–water partition coefficient (Wildman–Crippen LogP) is 2.99. The van der Waals surface area contributed by atoms with Gasteiger partial charge in [-0.3, -0.25) is 9.89 Å². The molecule has 2 aliphatic heterocycles. The minimum atomic E-state index is 0. The number of nitrogens with one attached hydrogen (secondary N) is 1. The minimum absolute atomic E-state index is 0. The molecule has 3 rings (SSSR count). The summed E-state index contributed by atoms with van der Waals surface area (Å²) in [5.74, 6) is 2.74. The lowest BCUT2D eigenvalue weighted by atomic mass is 9.99. The van der Waals surface area contributed by atoms with Gasteiger partial charge in [-0.05, 0) is 36.5 Å². The Bertz CT molecular complexity index is 597. The average molecular weight is 502 g/mol. The summed E-state index contributed by atoms with van der Waals surface area (Å²) < 4.78 is 10.9. The molecule has 158 valence electrons. The maximum atomic E-state index is 5.56. The van der Waals surface area contributed by atoms with Gasteiger partial charge in [-0.25, -0.2) is 0 Å². The van der Waals surface area contributed by atoms with Crippen LogP contribution in [0.5, 0.6) is 5.75 Å². The molecule has 1 aromatic rings. The molecule has 0 aromatic heterocycles. The standard InChI is InChI=1S/C21H34N4O2.HI/c1-17-8-10-25(11-9-17)21(22-2)23-16-20(24-12-14-27-15-13-24)18-4-6-19(26-3)7-5-18;/h4-7,17,20H,8-16H2,1-3H3,(H,22,23);1H. The van der Waals surface area contributed by atoms with E-state index in [1.807, 2.05) is 19.2 Å². The van der Waals surface area contributed by atoms with Crippen LogP contribution in [-0.2, 0) is 4.74 Å². The number of nitrogens with zero attached hydrogens (tertiary/aromatic N) is 3. The maximum absolute atomic E-state index is 5.56. The number of piperidine rings is 1. The van der Waals surface area contributed by atoms with Gasteiger partial charge in [0, 0.05) is 39.8 Å². The van der Waals surface area contributed by atoms with Crippen molar-refractivity contribution in [1.82, 2.24) is 15.1 Å². The van der Waals surface area contributed by atoms with Crippen LogP contribution >= 0.6 is 24.0 Å².